The number of phenols is 1. The van der Waals surface area contributed by atoms with Gasteiger partial charge in [-0.3, -0.25) is 19.3 Å². The first-order chi connectivity index (χ1) is 11.9. The van der Waals surface area contributed by atoms with Crippen LogP contribution in [0.2, 0.25) is 0 Å². The largest absolute Gasteiger partial charge is 0.507 e. The molecule has 0 spiro atoms. The van der Waals surface area contributed by atoms with Crippen LogP contribution in [0.15, 0.2) is 39.5 Å². The van der Waals surface area contributed by atoms with E-state index in [4.69, 9.17) is 4.42 Å². The number of aryl methyl sites for hydroxylation is 1. The molecule has 7 heteroatoms. The Labute approximate surface area is 142 Å². The number of benzene rings is 1. The minimum absolute atomic E-state index is 0.0317. The number of Topliss-reactive ketones (excluding diaryl/α,β-unsaturated/α-hetero) is 1. The highest BCUT2D eigenvalue weighted by atomic mass is 16.4. The summed E-state index contributed by atoms with van der Waals surface area (Å²) in [6, 6.07) is 7.13. The number of para-hydroxylation sites is 1. The van der Waals surface area contributed by atoms with Gasteiger partial charge in [0.1, 0.15) is 11.5 Å². The lowest BCUT2D eigenvalue weighted by Crippen LogP contribution is -2.45. The van der Waals surface area contributed by atoms with Crippen LogP contribution in [0.3, 0.4) is 0 Å². The van der Waals surface area contributed by atoms with Crippen molar-refractivity contribution in [2.75, 3.05) is 6.54 Å². The summed E-state index contributed by atoms with van der Waals surface area (Å²) in [6.45, 7) is 1.28. The zero-order chi connectivity index (χ0) is 18.1. The van der Waals surface area contributed by atoms with E-state index in [0.717, 1.165) is 4.90 Å². The molecule has 25 heavy (non-hydrogen) atoms. The van der Waals surface area contributed by atoms with Crippen LogP contribution in [-0.4, -0.2) is 34.1 Å². The maximum Gasteiger partial charge on any atom is 0.336 e. The van der Waals surface area contributed by atoms with Crippen molar-refractivity contribution in [2.45, 2.75) is 19.8 Å². The molecule has 0 bridgehead atoms. The van der Waals surface area contributed by atoms with Gasteiger partial charge in [-0.05, 0) is 24.1 Å². The lowest BCUT2D eigenvalue weighted by molar-refractivity contribution is -0.128. The van der Waals surface area contributed by atoms with Crippen molar-refractivity contribution < 1.29 is 23.9 Å². The van der Waals surface area contributed by atoms with E-state index >= 15 is 0 Å². The Balaban J connectivity index is 1.96. The number of hydrogen-bond donors (Lipinski definition) is 1. The lowest BCUT2D eigenvalue weighted by atomic mass is 9.98. The number of carbonyl (C=O) groups excluding carboxylic acids is 3. The minimum atomic E-state index is -0.671. The average Bonchev–Trinajstić information content (AvgIpc) is 2.57. The first kappa shape index (κ1) is 16.6. The Morgan fingerprint density at radius 1 is 1.24 bits per heavy atom. The van der Waals surface area contributed by atoms with Crippen molar-refractivity contribution in [1.29, 1.82) is 0 Å². The fourth-order valence-corrected chi connectivity index (χ4v) is 2.83. The third-order valence-corrected chi connectivity index (χ3v) is 4.07. The molecule has 0 saturated carbocycles. The summed E-state index contributed by atoms with van der Waals surface area (Å²) in [6.07, 6.45) is 0.146. The molecule has 0 saturated heterocycles. The Bertz CT molecular complexity index is 943. The van der Waals surface area contributed by atoms with Gasteiger partial charge < -0.3 is 9.52 Å². The molecule has 0 unspecified atom stereocenters. The summed E-state index contributed by atoms with van der Waals surface area (Å²) in [5.41, 5.74) is 0.0506. The standard InChI is InChI=1S/C18H15NO6/c1-2-10-7-16(23)25-14-8-15(22)19(18(24)17(10)14)9-13(21)11-5-3-4-6-12(11)20/h3-7,20H,2,8-9H2,1H3. The van der Waals surface area contributed by atoms with E-state index in [1.54, 1.807) is 19.1 Å². The molecule has 1 aromatic heterocycles. The molecule has 2 aromatic rings. The molecule has 1 aliphatic rings. The predicted octanol–water partition coefficient (Wildman–Crippen LogP) is 1.32. The highest BCUT2D eigenvalue weighted by molar-refractivity contribution is 6.13. The van der Waals surface area contributed by atoms with Crippen LogP contribution < -0.4 is 5.63 Å². The Morgan fingerprint density at radius 3 is 2.64 bits per heavy atom. The molecule has 0 radical (unpaired) electrons. The maximum atomic E-state index is 12.7. The van der Waals surface area contributed by atoms with Gasteiger partial charge in [-0.1, -0.05) is 19.1 Å². The van der Waals surface area contributed by atoms with Gasteiger partial charge in [0, 0.05) is 6.07 Å². The van der Waals surface area contributed by atoms with Crippen LogP contribution in [0, 0.1) is 0 Å². The number of rotatable bonds is 4. The van der Waals surface area contributed by atoms with Crippen LogP contribution in [0.4, 0.5) is 0 Å². The molecule has 0 aliphatic carbocycles. The van der Waals surface area contributed by atoms with Gasteiger partial charge in [0.25, 0.3) is 5.91 Å². The molecule has 1 aliphatic heterocycles. The summed E-state index contributed by atoms with van der Waals surface area (Å²) >= 11 is 0. The molecule has 0 fully saturated rings. The van der Waals surface area contributed by atoms with Crippen LogP contribution in [0.25, 0.3) is 0 Å². The summed E-state index contributed by atoms with van der Waals surface area (Å²) in [4.78, 5) is 49.7. The number of ketones is 1. The molecule has 3 rings (SSSR count). The van der Waals surface area contributed by atoms with E-state index in [-0.39, 0.29) is 29.1 Å². The summed E-state index contributed by atoms with van der Waals surface area (Å²) in [7, 11) is 0. The monoisotopic (exact) mass is 341 g/mol. The lowest BCUT2D eigenvalue weighted by Gasteiger charge is -2.26. The number of fused-ring (bicyclic) bond motifs is 1. The molecular weight excluding hydrogens is 326 g/mol. The zero-order valence-corrected chi connectivity index (χ0v) is 13.4. The third kappa shape index (κ3) is 2.96. The van der Waals surface area contributed by atoms with Gasteiger partial charge in [-0.25, -0.2) is 4.79 Å². The fraction of sp³-hybridized carbons (Fsp3) is 0.222. The smallest absolute Gasteiger partial charge is 0.336 e. The van der Waals surface area contributed by atoms with Gasteiger partial charge in [-0.15, -0.1) is 0 Å². The summed E-state index contributed by atoms with van der Waals surface area (Å²) < 4.78 is 4.99. The molecule has 1 N–H and O–H groups in total. The molecule has 1 aromatic carbocycles. The van der Waals surface area contributed by atoms with E-state index in [0.29, 0.717) is 12.0 Å². The SMILES string of the molecule is CCc1cc(=O)oc2c1C(=O)N(CC(=O)c1ccccc1O)C(=O)C2. The second-order valence-electron chi connectivity index (χ2n) is 5.64. The number of hydrogen-bond acceptors (Lipinski definition) is 6. The van der Waals surface area contributed by atoms with Gasteiger partial charge in [0.15, 0.2) is 5.78 Å². The quantitative estimate of drug-likeness (QED) is 0.664. The first-order valence-electron chi connectivity index (χ1n) is 7.74. The number of phenolic OH excluding ortho intramolecular Hbond substituents is 1. The number of carbonyl (C=O) groups is 3. The minimum Gasteiger partial charge on any atom is -0.507 e. The molecule has 0 atom stereocenters. The molecule has 128 valence electrons. The number of aromatic hydroxyl groups is 1. The molecule has 2 amide bonds. The highest BCUT2D eigenvalue weighted by Gasteiger charge is 2.36. The Morgan fingerprint density at radius 2 is 1.96 bits per heavy atom. The van der Waals surface area contributed by atoms with Gasteiger partial charge in [-0.2, -0.15) is 0 Å². The normalized spacial score (nSPS) is 13.7. The summed E-state index contributed by atoms with van der Waals surface area (Å²) in [5.74, 6) is -2.04. The number of imide groups is 1. The highest BCUT2D eigenvalue weighted by Crippen LogP contribution is 2.24. The topological polar surface area (TPSA) is 105 Å². The van der Waals surface area contributed by atoms with Crippen LogP contribution in [0.5, 0.6) is 5.75 Å². The van der Waals surface area contributed by atoms with Crippen LogP contribution >= 0.6 is 0 Å². The van der Waals surface area contributed by atoms with Crippen molar-refractivity contribution >= 4 is 17.6 Å². The van der Waals surface area contributed by atoms with Gasteiger partial charge >= 0.3 is 5.63 Å². The number of amides is 2. The van der Waals surface area contributed by atoms with E-state index in [1.807, 2.05) is 0 Å². The van der Waals surface area contributed by atoms with Crippen molar-refractivity contribution in [2.24, 2.45) is 0 Å². The van der Waals surface area contributed by atoms with Crippen molar-refractivity contribution in [3.05, 3.63) is 63.2 Å². The van der Waals surface area contributed by atoms with E-state index in [2.05, 4.69) is 0 Å². The second-order valence-corrected chi connectivity index (χ2v) is 5.64. The van der Waals surface area contributed by atoms with Gasteiger partial charge in [0.2, 0.25) is 5.91 Å². The Kier molecular flexibility index (Phi) is 4.22. The number of nitrogens with zero attached hydrogens (tertiary/aromatic N) is 1. The van der Waals surface area contributed by atoms with E-state index in [9.17, 15) is 24.3 Å². The summed E-state index contributed by atoms with van der Waals surface area (Å²) in [5, 5.41) is 9.75. The Hall–Kier alpha value is -3.22. The van der Waals surface area contributed by atoms with Crippen LogP contribution in [0.1, 0.15) is 39.0 Å². The molecule has 7 nitrogen and oxygen atoms in total. The molecule has 2 heterocycles. The third-order valence-electron chi connectivity index (χ3n) is 4.07. The fourth-order valence-electron chi connectivity index (χ4n) is 2.83. The van der Waals surface area contributed by atoms with E-state index in [1.165, 1.54) is 18.2 Å². The van der Waals surface area contributed by atoms with E-state index < -0.39 is 29.8 Å². The second kappa shape index (κ2) is 6.35. The van der Waals surface area contributed by atoms with Crippen molar-refractivity contribution in [3.63, 3.8) is 0 Å². The average molecular weight is 341 g/mol. The first-order valence-corrected chi connectivity index (χ1v) is 7.74. The molecular formula is C18H15NO6. The maximum absolute atomic E-state index is 12.7. The zero-order valence-electron chi connectivity index (χ0n) is 13.4. The van der Waals surface area contributed by atoms with Crippen molar-refractivity contribution in [3.8, 4) is 5.75 Å². The van der Waals surface area contributed by atoms with Gasteiger partial charge in [0.05, 0.1) is 24.1 Å². The van der Waals surface area contributed by atoms with Crippen LogP contribution in [-0.2, 0) is 17.6 Å². The predicted molar refractivity (Wildman–Crippen MR) is 86.5 cm³/mol. The van der Waals surface area contributed by atoms with Crippen molar-refractivity contribution in [1.82, 2.24) is 4.90 Å².